The van der Waals surface area contributed by atoms with Crippen molar-refractivity contribution in [1.82, 2.24) is 15.2 Å². The van der Waals surface area contributed by atoms with E-state index in [0.717, 1.165) is 42.0 Å². The minimum atomic E-state index is -0.909. The molecule has 0 aliphatic carbocycles. The van der Waals surface area contributed by atoms with Gasteiger partial charge in [0, 0.05) is 41.1 Å². The van der Waals surface area contributed by atoms with Crippen LogP contribution in [0.1, 0.15) is 72.1 Å². The van der Waals surface area contributed by atoms with Gasteiger partial charge in [0.15, 0.2) is 0 Å². The molecule has 2 unspecified atom stereocenters. The average Bonchev–Trinajstić information content (AvgIpc) is 3.39. The molecular weight excluding hydrogens is 630 g/mol. The molecule has 0 saturated carbocycles. The van der Waals surface area contributed by atoms with E-state index >= 15 is 0 Å². The number of likely N-dealkylation sites (tertiary alicyclic amines) is 1. The van der Waals surface area contributed by atoms with Gasteiger partial charge < -0.3 is 24.5 Å². The van der Waals surface area contributed by atoms with E-state index in [2.05, 4.69) is 27.3 Å². The van der Waals surface area contributed by atoms with E-state index < -0.39 is 23.8 Å². The number of aromatic nitrogens is 1. The summed E-state index contributed by atoms with van der Waals surface area (Å²) in [7, 11) is 1.57. The van der Waals surface area contributed by atoms with Crippen molar-refractivity contribution < 1.29 is 28.6 Å². The molecule has 2 heterocycles. The van der Waals surface area contributed by atoms with E-state index in [1.165, 1.54) is 37.0 Å². The summed E-state index contributed by atoms with van der Waals surface area (Å²) in [4.78, 5) is 45.6. The maximum atomic E-state index is 13.8. The molecule has 2 atom stereocenters. The summed E-state index contributed by atoms with van der Waals surface area (Å²) in [6, 6.07) is 19.9. The fraction of sp³-hybridized carbons (Fsp3) is 0.395. The minimum Gasteiger partial charge on any atom is -0.497 e. The van der Waals surface area contributed by atoms with Gasteiger partial charge in [-0.15, -0.1) is 0 Å². The first-order chi connectivity index (χ1) is 23.2. The van der Waals surface area contributed by atoms with Crippen molar-refractivity contribution in [3.63, 3.8) is 0 Å². The Morgan fingerprint density at radius 2 is 1.75 bits per heavy atom. The van der Waals surface area contributed by atoms with Gasteiger partial charge in [-0.1, -0.05) is 37.1 Å². The van der Waals surface area contributed by atoms with Crippen LogP contribution >= 0.6 is 11.6 Å². The van der Waals surface area contributed by atoms with Crippen molar-refractivity contribution in [3.8, 4) is 11.5 Å². The molecular formula is C38H44ClN3O6. The molecule has 0 spiro atoms. The molecule has 48 heavy (non-hydrogen) atoms. The highest BCUT2D eigenvalue weighted by Crippen LogP contribution is 2.38. The SMILES string of the molecule is COc1ccc2[nH]c(C)c(C(C(=O)OC(=O)c3ccc(Cl)cc3)C(C)CC(=O)NCCCOc3cccc(CN4CCCCC4)c3)c2c1. The van der Waals surface area contributed by atoms with E-state index in [9.17, 15) is 14.4 Å². The van der Waals surface area contributed by atoms with Crippen LogP contribution < -0.4 is 14.8 Å². The fourth-order valence-electron chi connectivity index (χ4n) is 6.37. The Bertz CT molecular complexity index is 1710. The van der Waals surface area contributed by atoms with Crippen LogP contribution in [0.4, 0.5) is 0 Å². The zero-order valence-corrected chi connectivity index (χ0v) is 28.6. The molecule has 10 heteroatoms. The molecule has 1 aliphatic rings. The number of halogens is 1. The second-order valence-corrected chi connectivity index (χ2v) is 12.9. The molecule has 1 saturated heterocycles. The lowest BCUT2D eigenvalue weighted by molar-refractivity contribution is -0.141. The number of aryl methyl sites for hydroxylation is 1. The highest BCUT2D eigenvalue weighted by atomic mass is 35.5. The number of fused-ring (bicyclic) bond motifs is 1. The van der Waals surface area contributed by atoms with Crippen LogP contribution in [0, 0.1) is 12.8 Å². The summed E-state index contributed by atoms with van der Waals surface area (Å²) >= 11 is 5.97. The second-order valence-electron chi connectivity index (χ2n) is 12.5. The zero-order valence-electron chi connectivity index (χ0n) is 27.9. The number of amides is 1. The number of carbonyl (C=O) groups excluding carboxylic acids is 3. The van der Waals surface area contributed by atoms with Crippen LogP contribution in [-0.2, 0) is 20.9 Å². The largest absolute Gasteiger partial charge is 0.497 e. The van der Waals surface area contributed by atoms with Crippen molar-refractivity contribution in [2.45, 2.75) is 58.4 Å². The first-order valence-corrected chi connectivity index (χ1v) is 17.0. The number of ether oxygens (including phenoxy) is 3. The number of aromatic amines is 1. The van der Waals surface area contributed by atoms with Crippen molar-refractivity contribution in [2.24, 2.45) is 5.92 Å². The molecule has 2 N–H and O–H groups in total. The van der Waals surface area contributed by atoms with Crippen LogP contribution in [0.3, 0.4) is 0 Å². The summed E-state index contributed by atoms with van der Waals surface area (Å²) in [6.45, 7) is 7.77. The second kappa shape index (κ2) is 16.7. The van der Waals surface area contributed by atoms with Gasteiger partial charge in [0.1, 0.15) is 11.5 Å². The highest BCUT2D eigenvalue weighted by Gasteiger charge is 2.35. The maximum Gasteiger partial charge on any atom is 0.345 e. The molecule has 1 amide bonds. The summed E-state index contributed by atoms with van der Waals surface area (Å²) in [5, 5.41) is 4.18. The van der Waals surface area contributed by atoms with Crippen molar-refractivity contribution in [1.29, 1.82) is 0 Å². The topological polar surface area (TPSA) is 110 Å². The van der Waals surface area contributed by atoms with E-state index in [1.54, 1.807) is 19.2 Å². The third kappa shape index (κ3) is 9.17. The first-order valence-electron chi connectivity index (χ1n) is 16.6. The number of rotatable bonds is 14. The Balaban J connectivity index is 1.20. The molecule has 0 radical (unpaired) electrons. The van der Waals surface area contributed by atoms with E-state index in [1.807, 2.05) is 44.2 Å². The van der Waals surface area contributed by atoms with Crippen LogP contribution in [0.25, 0.3) is 10.9 Å². The van der Waals surface area contributed by atoms with E-state index in [0.29, 0.717) is 35.9 Å². The molecule has 5 rings (SSSR count). The minimum absolute atomic E-state index is 0.0460. The van der Waals surface area contributed by atoms with Crippen molar-refractivity contribution in [3.05, 3.63) is 94.1 Å². The molecule has 3 aromatic carbocycles. The third-order valence-corrected chi connectivity index (χ3v) is 9.07. The van der Waals surface area contributed by atoms with E-state index in [4.69, 9.17) is 25.8 Å². The summed E-state index contributed by atoms with van der Waals surface area (Å²) in [6.07, 6.45) is 4.50. The first kappa shape index (κ1) is 35.0. The molecule has 1 aliphatic heterocycles. The number of nitrogens with one attached hydrogen (secondary N) is 2. The molecule has 1 fully saturated rings. The number of carbonyl (C=O) groups is 3. The number of hydrogen-bond donors (Lipinski definition) is 2. The Kier molecular flexibility index (Phi) is 12.1. The number of piperidine rings is 1. The predicted octanol–water partition coefficient (Wildman–Crippen LogP) is 7.20. The Hall–Kier alpha value is -4.34. The average molecular weight is 674 g/mol. The summed E-state index contributed by atoms with van der Waals surface area (Å²) in [5.74, 6) is -1.70. The fourth-order valence-corrected chi connectivity index (χ4v) is 6.50. The van der Waals surface area contributed by atoms with Crippen LogP contribution in [0.2, 0.25) is 5.02 Å². The molecule has 4 aromatic rings. The molecule has 254 valence electrons. The lowest BCUT2D eigenvalue weighted by atomic mass is 9.83. The van der Waals surface area contributed by atoms with E-state index in [-0.39, 0.29) is 17.9 Å². The van der Waals surface area contributed by atoms with Gasteiger partial charge in [0.25, 0.3) is 0 Å². The number of esters is 2. The number of nitrogens with zero attached hydrogens (tertiary/aromatic N) is 1. The normalized spacial score (nSPS) is 14.7. The van der Waals surface area contributed by atoms with Gasteiger partial charge in [-0.05, 0) is 111 Å². The summed E-state index contributed by atoms with van der Waals surface area (Å²) < 4.78 is 16.8. The quantitative estimate of drug-likeness (QED) is 0.0827. The van der Waals surface area contributed by atoms with Gasteiger partial charge in [0.2, 0.25) is 5.91 Å². The van der Waals surface area contributed by atoms with Gasteiger partial charge in [-0.3, -0.25) is 14.5 Å². The van der Waals surface area contributed by atoms with Crippen LogP contribution in [0.5, 0.6) is 11.5 Å². The number of hydrogen-bond acceptors (Lipinski definition) is 7. The standard InChI is InChI=1S/C38H44ClN3O6/c1-25(21-34(43)40-17-8-20-47-31-10-7-9-27(22-31)24-42-18-5-4-6-19-42)35(38(45)48-37(44)28-11-13-29(39)14-12-28)36-26(2)41-33-16-15-30(46-3)23-32(33)36/h7,9-16,22-23,25,35,41H,4-6,8,17-21,24H2,1-3H3,(H,40,43). The van der Waals surface area contributed by atoms with Crippen LogP contribution in [-0.4, -0.2) is 61.1 Å². The molecule has 9 nitrogen and oxygen atoms in total. The Labute approximate surface area is 286 Å². The van der Waals surface area contributed by atoms with Crippen molar-refractivity contribution in [2.75, 3.05) is 33.4 Å². The lowest BCUT2D eigenvalue weighted by Gasteiger charge is -2.26. The van der Waals surface area contributed by atoms with Gasteiger partial charge >= 0.3 is 11.9 Å². The maximum absolute atomic E-state index is 13.8. The van der Waals surface area contributed by atoms with Crippen molar-refractivity contribution >= 4 is 40.3 Å². The third-order valence-electron chi connectivity index (χ3n) is 8.82. The number of methoxy groups -OCH3 is 1. The lowest BCUT2D eigenvalue weighted by Crippen LogP contribution is -2.31. The summed E-state index contributed by atoms with van der Waals surface area (Å²) in [5.41, 5.74) is 3.64. The van der Waals surface area contributed by atoms with Gasteiger partial charge in [-0.25, -0.2) is 4.79 Å². The van der Waals surface area contributed by atoms with Crippen LogP contribution in [0.15, 0.2) is 66.7 Å². The predicted molar refractivity (Wildman–Crippen MR) is 187 cm³/mol. The monoisotopic (exact) mass is 673 g/mol. The van der Waals surface area contributed by atoms with Gasteiger partial charge in [-0.2, -0.15) is 0 Å². The number of H-pyrrole nitrogens is 1. The Morgan fingerprint density at radius 1 is 0.979 bits per heavy atom. The molecule has 0 bridgehead atoms. The van der Waals surface area contributed by atoms with Gasteiger partial charge in [0.05, 0.1) is 25.2 Å². The Morgan fingerprint density at radius 3 is 2.50 bits per heavy atom. The smallest absolute Gasteiger partial charge is 0.345 e. The molecule has 1 aromatic heterocycles. The highest BCUT2D eigenvalue weighted by molar-refractivity contribution is 6.30. The number of benzene rings is 3. The zero-order chi connectivity index (χ0) is 34.0.